The molecule has 0 aromatic heterocycles. The van der Waals surface area contributed by atoms with Gasteiger partial charge in [-0.15, -0.1) is 0 Å². The molecule has 4 unspecified atom stereocenters. The first-order valence-electron chi connectivity index (χ1n) is 10.0. The molecule has 4 atom stereocenters. The highest BCUT2D eigenvalue weighted by atomic mass is 16.6. The quantitative estimate of drug-likeness (QED) is 0.631. The Morgan fingerprint density at radius 2 is 1.57 bits per heavy atom. The number of nitro groups is 1. The third-order valence-electron chi connectivity index (χ3n) is 6.23. The molecule has 2 fully saturated rings. The Labute approximate surface area is 164 Å². The van der Waals surface area contributed by atoms with Crippen molar-refractivity contribution in [1.29, 1.82) is 0 Å². The van der Waals surface area contributed by atoms with Crippen molar-refractivity contribution < 1.29 is 4.92 Å². The van der Waals surface area contributed by atoms with Gasteiger partial charge in [-0.25, -0.2) is 0 Å². The molecule has 0 bridgehead atoms. The number of fused-ring (bicyclic) bond motifs is 3. The van der Waals surface area contributed by atoms with Crippen LogP contribution in [0.2, 0.25) is 0 Å². The van der Waals surface area contributed by atoms with Crippen LogP contribution in [0.25, 0.3) is 0 Å². The van der Waals surface area contributed by atoms with Gasteiger partial charge in [0.25, 0.3) is 0 Å². The molecule has 6 heteroatoms. The number of nitrogens with one attached hydrogen (secondary N) is 2. The lowest BCUT2D eigenvalue weighted by Gasteiger charge is -2.42. The lowest BCUT2D eigenvalue weighted by atomic mass is 9.90. The molecule has 2 aliphatic heterocycles. The number of rotatable bonds is 3. The van der Waals surface area contributed by atoms with Gasteiger partial charge in [0, 0.05) is 6.04 Å². The third kappa shape index (κ3) is 2.76. The van der Waals surface area contributed by atoms with Gasteiger partial charge in [0.2, 0.25) is 0 Å². The molecule has 2 aromatic rings. The number of benzene rings is 2. The predicted molar refractivity (Wildman–Crippen MR) is 107 cm³/mol. The molecule has 0 radical (unpaired) electrons. The fourth-order valence-electron chi connectivity index (χ4n) is 4.99. The van der Waals surface area contributed by atoms with Crippen molar-refractivity contribution in [3.8, 4) is 0 Å². The third-order valence-corrected chi connectivity index (χ3v) is 6.23. The van der Waals surface area contributed by atoms with Gasteiger partial charge in [-0.3, -0.25) is 15.4 Å². The fraction of sp³-hybridized carbons (Fsp3) is 0.364. The summed E-state index contributed by atoms with van der Waals surface area (Å²) in [7, 11) is 0. The van der Waals surface area contributed by atoms with E-state index in [1.807, 2.05) is 48.5 Å². The second kappa shape index (κ2) is 6.95. The molecule has 1 saturated heterocycles. The van der Waals surface area contributed by atoms with Crippen molar-refractivity contribution >= 4 is 0 Å². The number of hydrogen-bond acceptors (Lipinski definition) is 5. The summed E-state index contributed by atoms with van der Waals surface area (Å²) in [5.74, 6) is 0.698. The van der Waals surface area contributed by atoms with Gasteiger partial charge in [-0.1, -0.05) is 73.5 Å². The summed E-state index contributed by atoms with van der Waals surface area (Å²) in [6.45, 7) is 0. The SMILES string of the molecule is O=[N+]([O-])C1=C2NC3CCCCC3N2C(c2ccccc2)NC1c1ccccc1. The average molecular weight is 376 g/mol. The Morgan fingerprint density at radius 3 is 2.25 bits per heavy atom. The van der Waals surface area contributed by atoms with Crippen molar-refractivity contribution in [2.75, 3.05) is 0 Å². The Hall–Kier alpha value is -2.86. The minimum atomic E-state index is -0.458. The molecule has 28 heavy (non-hydrogen) atoms. The van der Waals surface area contributed by atoms with Crippen molar-refractivity contribution in [2.45, 2.75) is 50.0 Å². The van der Waals surface area contributed by atoms with E-state index in [9.17, 15) is 10.1 Å². The molecule has 3 aliphatic rings. The van der Waals surface area contributed by atoms with E-state index in [2.05, 4.69) is 27.7 Å². The van der Waals surface area contributed by atoms with E-state index in [4.69, 9.17) is 0 Å². The molecule has 1 aliphatic carbocycles. The molecule has 2 aromatic carbocycles. The van der Waals surface area contributed by atoms with E-state index in [1.165, 1.54) is 12.8 Å². The van der Waals surface area contributed by atoms with Crippen LogP contribution in [0.5, 0.6) is 0 Å². The van der Waals surface area contributed by atoms with E-state index >= 15 is 0 Å². The van der Waals surface area contributed by atoms with Crippen LogP contribution in [0.3, 0.4) is 0 Å². The normalized spacial score (nSPS) is 29.1. The van der Waals surface area contributed by atoms with Crippen molar-refractivity contribution in [1.82, 2.24) is 15.5 Å². The summed E-state index contributed by atoms with van der Waals surface area (Å²) in [5, 5.41) is 19.3. The monoisotopic (exact) mass is 376 g/mol. The lowest BCUT2D eigenvalue weighted by Crippen LogP contribution is -2.49. The number of hydrogen-bond donors (Lipinski definition) is 2. The molecule has 6 nitrogen and oxygen atoms in total. The average Bonchev–Trinajstić information content (AvgIpc) is 3.13. The molecular weight excluding hydrogens is 352 g/mol. The number of nitrogens with zero attached hydrogens (tertiary/aromatic N) is 2. The highest BCUT2D eigenvalue weighted by molar-refractivity contribution is 5.35. The first-order valence-corrected chi connectivity index (χ1v) is 10.0. The van der Waals surface area contributed by atoms with Crippen LogP contribution in [0.15, 0.2) is 72.2 Å². The van der Waals surface area contributed by atoms with E-state index in [0.29, 0.717) is 5.82 Å². The Kier molecular flexibility index (Phi) is 4.28. The fourth-order valence-corrected chi connectivity index (χ4v) is 4.99. The zero-order chi connectivity index (χ0) is 19.1. The van der Waals surface area contributed by atoms with E-state index in [0.717, 1.165) is 24.0 Å². The second-order valence-corrected chi connectivity index (χ2v) is 7.82. The highest BCUT2D eigenvalue weighted by Gasteiger charge is 2.51. The molecule has 144 valence electrons. The zero-order valence-electron chi connectivity index (χ0n) is 15.6. The van der Waals surface area contributed by atoms with Crippen molar-refractivity contribution in [2.24, 2.45) is 0 Å². The van der Waals surface area contributed by atoms with Crippen molar-refractivity contribution in [3.63, 3.8) is 0 Å². The van der Waals surface area contributed by atoms with Crippen LogP contribution in [0.1, 0.15) is 49.0 Å². The maximum Gasteiger partial charge on any atom is 0.307 e. The standard InChI is InChI=1S/C22H24N4O2/c27-26(28)20-19(15-9-3-1-4-10-15)24-21(16-11-5-2-6-12-16)25-18-14-8-7-13-17(18)23-22(20)25/h1-6,9-12,17-19,21,23-24H,7-8,13-14H2. The van der Waals surface area contributed by atoms with Crippen LogP contribution < -0.4 is 10.6 Å². The highest BCUT2D eigenvalue weighted by Crippen LogP contribution is 2.44. The topological polar surface area (TPSA) is 70.4 Å². The van der Waals surface area contributed by atoms with Gasteiger partial charge in [0.1, 0.15) is 12.2 Å². The Morgan fingerprint density at radius 1 is 0.929 bits per heavy atom. The van der Waals surface area contributed by atoms with Gasteiger partial charge < -0.3 is 10.2 Å². The molecule has 5 rings (SSSR count). The summed E-state index contributed by atoms with van der Waals surface area (Å²) >= 11 is 0. The first kappa shape index (κ1) is 17.3. The van der Waals surface area contributed by atoms with E-state index in [-0.39, 0.29) is 28.9 Å². The summed E-state index contributed by atoms with van der Waals surface area (Å²) in [6, 6.07) is 20.1. The van der Waals surface area contributed by atoms with Crippen molar-refractivity contribution in [3.05, 3.63) is 93.4 Å². The van der Waals surface area contributed by atoms with Gasteiger partial charge in [0.05, 0.1) is 11.0 Å². The van der Waals surface area contributed by atoms with Crippen LogP contribution in [-0.4, -0.2) is 21.9 Å². The maximum absolute atomic E-state index is 12.2. The molecule has 1 saturated carbocycles. The smallest absolute Gasteiger partial charge is 0.307 e. The molecule has 0 amide bonds. The van der Waals surface area contributed by atoms with Crippen LogP contribution in [0, 0.1) is 10.1 Å². The van der Waals surface area contributed by atoms with Gasteiger partial charge in [-0.2, -0.15) is 0 Å². The van der Waals surface area contributed by atoms with Gasteiger partial charge in [0.15, 0.2) is 5.82 Å². The summed E-state index contributed by atoms with van der Waals surface area (Å²) < 4.78 is 0. The van der Waals surface area contributed by atoms with E-state index < -0.39 is 6.04 Å². The van der Waals surface area contributed by atoms with Gasteiger partial charge in [-0.05, 0) is 24.0 Å². The Bertz CT molecular complexity index is 899. The minimum Gasteiger partial charge on any atom is -0.361 e. The minimum absolute atomic E-state index is 0.0919. The van der Waals surface area contributed by atoms with Gasteiger partial charge >= 0.3 is 5.70 Å². The Balaban J connectivity index is 1.67. The molecule has 2 heterocycles. The molecule has 2 N–H and O–H groups in total. The second-order valence-electron chi connectivity index (χ2n) is 7.82. The van der Waals surface area contributed by atoms with Crippen LogP contribution in [-0.2, 0) is 0 Å². The summed E-state index contributed by atoms with van der Waals surface area (Å²) in [6.07, 6.45) is 4.38. The largest absolute Gasteiger partial charge is 0.361 e. The zero-order valence-corrected chi connectivity index (χ0v) is 15.6. The van der Waals surface area contributed by atoms with Crippen LogP contribution >= 0.6 is 0 Å². The van der Waals surface area contributed by atoms with E-state index in [1.54, 1.807) is 0 Å². The maximum atomic E-state index is 12.2. The lowest BCUT2D eigenvalue weighted by molar-refractivity contribution is -0.436. The summed E-state index contributed by atoms with van der Waals surface area (Å²) in [4.78, 5) is 14.2. The first-order chi connectivity index (χ1) is 13.7. The van der Waals surface area contributed by atoms with Crippen LogP contribution in [0.4, 0.5) is 0 Å². The molecular formula is C22H24N4O2. The predicted octanol–water partition coefficient (Wildman–Crippen LogP) is 3.69. The summed E-state index contributed by atoms with van der Waals surface area (Å²) in [5.41, 5.74) is 2.28. The molecule has 0 spiro atoms.